The van der Waals surface area contributed by atoms with Gasteiger partial charge in [-0.15, -0.1) is 0 Å². The first kappa shape index (κ1) is 22.3. The standard InChI is InChI=1S/C15H30O5.C2H4O/c1-2-3-4-5-6-7-8-9-14(19)20-13-15(10-16,11-17)12-18;1-2-3-1/h16-18H,2-13H2,1H3;1-2H2. The molecule has 0 aliphatic carbocycles. The molecule has 1 aliphatic rings. The molecule has 0 radical (unpaired) electrons. The molecule has 138 valence electrons. The van der Waals surface area contributed by atoms with Crippen molar-refractivity contribution in [2.24, 2.45) is 5.41 Å². The topological polar surface area (TPSA) is 99.5 Å². The van der Waals surface area contributed by atoms with E-state index in [1.165, 1.54) is 25.7 Å². The number of carbonyl (C=O) groups excluding carboxylic acids is 1. The van der Waals surface area contributed by atoms with Crippen LogP contribution in [0.25, 0.3) is 0 Å². The van der Waals surface area contributed by atoms with Gasteiger partial charge in [-0.3, -0.25) is 4.79 Å². The molecule has 1 fully saturated rings. The third kappa shape index (κ3) is 13.4. The molecule has 1 saturated heterocycles. The van der Waals surface area contributed by atoms with E-state index in [9.17, 15) is 4.79 Å². The van der Waals surface area contributed by atoms with Gasteiger partial charge in [0.2, 0.25) is 0 Å². The number of hydrogen-bond donors (Lipinski definition) is 3. The number of epoxide rings is 1. The third-order valence-electron chi connectivity index (χ3n) is 3.73. The molecule has 1 rings (SSSR count). The minimum atomic E-state index is -1.13. The second-order valence-electron chi connectivity index (χ2n) is 6.12. The van der Waals surface area contributed by atoms with Crippen LogP contribution in [0.4, 0.5) is 0 Å². The van der Waals surface area contributed by atoms with Gasteiger partial charge in [0, 0.05) is 6.42 Å². The van der Waals surface area contributed by atoms with Gasteiger partial charge in [-0.2, -0.15) is 0 Å². The number of unbranched alkanes of at least 4 members (excludes halogenated alkanes) is 6. The van der Waals surface area contributed by atoms with E-state index in [2.05, 4.69) is 11.7 Å². The Morgan fingerprint density at radius 3 is 1.87 bits per heavy atom. The Morgan fingerprint density at radius 1 is 0.957 bits per heavy atom. The lowest BCUT2D eigenvalue weighted by atomic mass is 9.93. The SMILES string of the molecule is C1CO1.CCCCCCCCCC(=O)OCC(CO)(CO)CO. The van der Waals surface area contributed by atoms with Crippen LogP contribution < -0.4 is 0 Å². The molecule has 0 aromatic carbocycles. The highest BCUT2D eigenvalue weighted by Gasteiger charge is 2.29. The molecule has 6 heteroatoms. The van der Waals surface area contributed by atoms with E-state index in [4.69, 9.17) is 20.1 Å². The maximum atomic E-state index is 11.5. The maximum Gasteiger partial charge on any atom is 0.305 e. The Balaban J connectivity index is 0.00000143. The van der Waals surface area contributed by atoms with Gasteiger partial charge in [0.15, 0.2) is 0 Å². The van der Waals surface area contributed by atoms with Gasteiger partial charge in [0.25, 0.3) is 0 Å². The summed E-state index contributed by atoms with van der Waals surface area (Å²) in [5, 5.41) is 27.3. The molecule has 1 aliphatic heterocycles. The van der Waals surface area contributed by atoms with Gasteiger partial charge < -0.3 is 24.8 Å². The summed E-state index contributed by atoms with van der Waals surface area (Å²) < 4.78 is 9.51. The fourth-order valence-electron chi connectivity index (χ4n) is 1.82. The van der Waals surface area contributed by atoms with Crippen LogP contribution in [-0.2, 0) is 14.3 Å². The predicted octanol–water partition coefficient (Wildman–Crippen LogP) is 1.65. The number of aliphatic hydroxyl groups is 3. The molecule has 6 nitrogen and oxygen atoms in total. The average Bonchev–Trinajstić information content (AvgIpc) is 3.45. The first-order valence-corrected chi connectivity index (χ1v) is 8.70. The van der Waals surface area contributed by atoms with E-state index in [1.807, 2.05) is 0 Å². The van der Waals surface area contributed by atoms with Crippen molar-refractivity contribution < 1.29 is 29.6 Å². The van der Waals surface area contributed by atoms with Gasteiger partial charge in [-0.05, 0) is 6.42 Å². The smallest absolute Gasteiger partial charge is 0.305 e. The number of ether oxygens (including phenoxy) is 2. The number of hydrogen-bond acceptors (Lipinski definition) is 6. The summed E-state index contributed by atoms with van der Waals surface area (Å²) in [4.78, 5) is 11.5. The Kier molecular flexibility index (Phi) is 14.4. The summed E-state index contributed by atoms with van der Waals surface area (Å²) in [6.45, 7) is 2.80. The fraction of sp³-hybridized carbons (Fsp3) is 0.941. The fourth-order valence-corrected chi connectivity index (χ4v) is 1.82. The number of aliphatic hydroxyl groups excluding tert-OH is 3. The molecular formula is C17H34O6. The molecule has 0 amide bonds. The van der Waals surface area contributed by atoms with Gasteiger partial charge >= 0.3 is 5.97 Å². The van der Waals surface area contributed by atoms with Gasteiger partial charge in [0.05, 0.1) is 38.4 Å². The first-order chi connectivity index (χ1) is 11.1. The second-order valence-corrected chi connectivity index (χ2v) is 6.12. The normalized spacial score (nSPS) is 13.2. The van der Waals surface area contributed by atoms with Crippen LogP contribution >= 0.6 is 0 Å². The lowest BCUT2D eigenvalue weighted by molar-refractivity contribution is -0.151. The number of carbonyl (C=O) groups is 1. The van der Waals surface area contributed by atoms with Crippen molar-refractivity contribution in [3.63, 3.8) is 0 Å². The van der Waals surface area contributed by atoms with Crippen molar-refractivity contribution in [3.05, 3.63) is 0 Å². The van der Waals surface area contributed by atoms with E-state index in [0.717, 1.165) is 32.5 Å². The molecule has 0 atom stereocenters. The molecule has 0 aromatic heterocycles. The van der Waals surface area contributed by atoms with Gasteiger partial charge in [0.1, 0.15) is 6.61 Å². The molecule has 23 heavy (non-hydrogen) atoms. The van der Waals surface area contributed by atoms with Gasteiger partial charge in [-0.25, -0.2) is 0 Å². The Labute approximate surface area is 139 Å². The van der Waals surface area contributed by atoms with Crippen LogP contribution in [0.5, 0.6) is 0 Å². The minimum Gasteiger partial charge on any atom is -0.465 e. The van der Waals surface area contributed by atoms with E-state index < -0.39 is 25.2 Å². The van der Waals surface area contributed by atoms with Crippen LogP contribution in [0.3, 0.4) is 0 Å². The highest BCUT2D eigenvalue weighted by Crippen LogP contribution is 2.16. The highest BCUT2D eigenvalue weighted by atomic mass is 16.6. The van der Waals surface area contributed by atoms with Gasteiger partial charge in [-0.1, -0.05) is 45.4 Å². The van der Waals surface area contributed by atoms with E-state index >= 15 is 0 Å². The number of rotatable bonds is 13. The molecule has 0 unspecified atom stereocenters. The quantitative estimate of drug-likeness (QED) is 0.269. The van der Waals surface area contributed by atoms with Crippen LogP contribution in [-0.4, -0.2) is 60.9 Å². The summed E-state index contributed by atoms with van der Waals surface area (Å²) in [6.07, 6.45) is 8.29. The summed E-state index contributed by atoms with van der Waals surface area (Å²) in [5.74, 6) is -0.335. The van der Waals surface area contributed by atoms with Crippen LogP contribution in [0.2, 0.25) is 0 Å². The van der Waals surface area contributed by atoms with Crippen molar-refractivity contribution in [1.82, 2.24) is 0 Å². The maximum absolute atomic E-state index is 11.5. The Morgan fingerprint density at radius 2 is 1.43 bits per heavy atom. The van der Waals surface area contributed by atoms with Crippen molar-refractivity contribution in [1.29, 1.82) is 0 Å². The van der Waals surface area contributed by atoms with E-state index in [-0.39, 0.29) is 12.6 Å². The zero-order valence-electron chi connectivity index (χ0n) is 14.5. The summed E-state index contributed by atoms with van der Waals surface area (Å²) >= 11 is 0. The van der Waals surface area contributed by atoms with Crippen LogP contribution in [0.15, 0.2) is 0 Å². The van der Waals surface area contributed by atoms with Crippen molar-refractivity contribution in [2.45, 2.75) is 58.3 Å². The lowest BCUT2D eigenvalue weighted by Gasteiger charge is -2.26. The van der Waals surface area contributed by atoms with Crippen molar-refractivity contribution in [3.8, 4) is 0 Å². The van der Waals surface area contributed by atoms with E-state index in [1.54, 1.807) is 0 Å². The predicted molar refractivity (Wildman–Crippen MR) is 88.1 cm³/mol. The highest BCUT2D eigenvalue weighted by molar-refractivity contribution is 5.69. The average molecular weight is 334 g/mol. The summed E-state index contributed by atoms with van der Waals surface area (Å²) in [5.41, 5.74) is -1.13. The molecule has 0 bridgehead atoms. The minimum absolute atomic E-state index is 0.147. The van der Waals surface area contributed by atoms with E-state index in [0.29, 0.717) is 6.42 Å². The molecule has 0 saturated carbocycles. The molecule has 0 spiro atoms. The first-order valence-electron chi connectivity index (χ1n) is 8.70. The molecule has 0 aromatic rings. The largest absolute Gasteiger partial charge is 0.465 e. The van der Waals surface area contributed by atoms with Crippen LogP contribution in [0.1, 0.15) is 58.3 Å². The summed E-state index contributed by atoms with van der Waals surface area (Å²) in [6, 6.07) is 0. The Hall–Kier alpha value is -0.690. The molecule has 1 heterocycles. The van der Waals surface area contributed by atoms with Crippen LogP contribution in [0, 0.1) is 5.41 Å². The monoisotopic (exact) mass is 334 g/mol. The van der Waals surface area contributed by atoms with Crippen molar-refractivity contribution >= 4 is 5.97 Å². The zero-order valence-corrected chi connectivity index (χ0v) is 14.5. The number of esters is 1. The summed E-state index contributed by atoms with van der Waals surface area (Å²) in [7, 11) is 0. The lowest BCUT2D eigenvalue weighted by Crippen LogP contribution is -2.39. The molecular weight excluding hydrogens is 300 g/mol. The zero-order chi connectivity index (χ0) is 17.4. The third-order valence-corrected chi connectivity index (χ3v) is 3.73. The molecule has 3 N–H and O–H groups in total. The second kappa shape index (κ2) is 14.9. The van der Waals surface area contributed by atoms with Crippen molar-refractivity contribution in [2.75, 3.05) is 39.6 Å². The Bertz CT molecular complexity index is 265.